The summed E-state index contributed by atoms with van der Waals surface area (Å²) in [6.45, 7) is 1.90. The molecule has 0 spiro atoms. The van der Waals surface area contributed by atoms with Crippen LogP contribution in [0.3, 0.4) is 0 Å². The average Bonchev–Trinajstić information content (AvgIpc) is 2.49. The molecule has 22 heavy (non-hydrogen) atoms. The van der Waals surface area contributed by atoms with E-state index in [2.05, 4.69) is 10.6 Å². The maximum atomic E-state index is 12.7. The van der Waals surface area contributed by atoms with E-state index in [1.54, 1.807) is 13.0 Å². The van der Waals surface area contributed by atoms with Gasteiger partial charge in [0.25, 0.3) is 0 Å². The number of hydrogen-bond acceptors (Lipinski definition) is 3. The number of phenols is 1. The van der Waals surface area contributed by atoms with E-state index in [9.17, 15) is 19.1 Å². The molecule has 6 heteroatoms. The molecule has 0 saturated carbocycles. The summed E-state index contributed by atoms with van der Waals surface area (Å²) in [5.41, 5.74) is 1.66. The molecule has 0 unspecified atom stereocenters. The summed E-state index contributed by atoms with van der Waals surface area (Å²) in [4.78, 5) is 23.4. The van der Waals surface area contributed by atoms with Gasteiger partial charge in [-0.3, -0.25) is 9.59 Å². The summed E-state index contributed by atoms with van der Waals surface area (Å²) < 4.78 is 12.7. The minimum Gasteiger partial charge on any atom is -0.506 e. The van der Waals surface area contributed by atoms with Gasteiger partial charge < -0.3 is 15.7 Å². The van der Waals surface area contributed by atoms with Gasteiger partial charge in [-0.15, -0.1) is 0 Å². The number of rotatable bonds is 3. The van der Waals surface area contributed by atoms with Crippen LogP contribution in [0, 0.1) is 12.7 Å². The Bertz CT molecular complexity index is 699. The maximum Gasteiger partial charge on any atom is 0.313 e. The minimum atomic E-state index is -0.888. The lowest BCUT2D eigenvalue weighted by Gasteiger charge is -2.08. The lowest BCUT2D eigenvalue weighted by molar-refractivity contribution is -0.136. The van der Waals surface area contributed by atoms with E-state index in [4.69, 9.17) is 0 Å². The number of halogens is 1. The number of aromatic hydroxyl groups is 1. The van der Waals surface area contributed by atoms with E-state index in [0.717, 1.165) is 5.56 Å². The normalized spacial score (nSPS) is 10.1. The third kappa shape index (κ3) is 4.05. The molecule has 2 amide bonds. The number of benzene rings is 2. The molecule has 0 aliphatic heterocycles. The number of nitrogens with one attached hydrogen (secondary N) is 2. The Morgan fingerprint density at radius 2 is 1.77 bits per heavy atom. The van der Waals surface area contributed by atoms with Crippen molar-refractivity contribution < 1.29 is 19.1 Å². The number of carbonyl (C=O) groups excluding carboxylic acids is 2. The van der Waals surface area contributed by atoms with E-state index in [-0.39, 0.29) is 23.8 Å². The monoisotopic (exact) mass is 302 g/mol. The zero-order valence-corrected chi connectivity index (χ0v) is 11.9. The predicted octanol–water partition coefficient (Wildman–Crippen LogP) is 2.09. The molecule has 5 nitrogen and oxygen atoms in total. The Balaban J connectivity index is 1.92. The Morgan fingerprint density at radius 1 is 1.09 bits per heavy atom. The fourth-order valence-corrected chi connectivity index (χ4v) is 1.79. The second-order valence-corrected chi connectivity index (χ2v) is 4.78. The van der Waals surface area contributed by atoms with Crippen LogP contribution >= 0.6 is 0 Å². The smallest absolute Gasteiger partial charge is 0.313 e. The van der Waals surface area contributed by atoms with Gasteiger partial charge in [0.05, 0.1) is 5.69 Å². The van der Waals surface area contributed by atoms with Crippen LogP contribution in [0.5, 0.6) is 5.75 Å². The van der Waals surface area contributed by atoms with Crippen LogP contribution in [-0.4, -0.2) is 16.9 Å². The highest BCUT2D eigenvalue weighted by Gasteiger charge is 2.15. The van der Waals surface area contributed by atoms with Crippen molar-refractivity contribution >= 4 is 17.5 Å². The molecular weight excluding hydrogens is 287 g/mol. The highest BCUT2D eigenvalue weighted by molar-refractivity contribution is 6.39. The van der Waals surface area contributed by atoms with Crippen molar-refractivity contribution in [2.75, 3.05) is 5.32 Å². The Labute approximate surface area is 126 Å². The van der Waals surface area contributed by atoms with Gasteiger partial charge in [-0.2, -0.15) is 0 Å². The van der Waals surface area contributed by atoms with E-state index >= 15 is 0 Å². The molecule has 2 aromatic rings. The summed E-state index contributed by atoms with van der Waals surface area (Å²) in [7, 11) is 0. The van der Waals surface area contributed by atoms with Crippen molar-refractivity contribution in [1.82, 2.24) is 5.32 Å². The lowest BCUT2D eigenvalue weighted by atomic mass is 10.2. The van der Waals surface area contributed by atoms with E-state index in [1.807, 2.05) is 0 Å². The molecule has 0 bridgehead atoms. The quantitative estimate of drug-likeness (QED) is 0.600. The average molecular weight is 302 g/mol. The van der Waals surface area contributed by atoms with Gasteiger partial charge in [-0.25, -0.2) is 4.39 Å². The molecule has 3 N–H and O–H groups in total. The molecule has 0 aliphatic carbocycles. The number of amides is 2. The first-order valence-electron chi connectivity index (χ1n) is 6.59. The molecule has 0 aromatic heterocycles. The van der Waals surface area contributed by atoms with Crippen LogP contribution in [0.1, 0.15) is 11.1 Å². The third-order valence-electron chi connectivity index (χ3n) is 2.97. The van der Waals surface area contributed by atoms with Crippen LogP contribution < -0.4 is 10.6 Å². The van der Waals surface area contributed by atoms with Crippen molar-refractivity contribution in [2.24, 2.45) is 0 Å². The number of anilines is 1. The molecule has 0 atom stereocenters. The Kier molecular flexibility index (Phi) is 4.73. The molecule has 2 rings (SSSR count). The first-order chi connectivity index (χ1) is 10.5. The summed E-state index contributed by atoms with van der Waals surface area (Å²) in [6.07, 6.45) is 0. The largest absolute Gasteiger partial charge is 0.506 e. The SMILES string of the molecule is Cc1ccc(NC(=O)C(=O)NCc2ccc(F)cc2)c(O)c1. The van der Waals surface area contributed by atoms with Gasteiger partial charge in [0.15, 0.2) is 0 Å². The van der Waals surface area contributed by atoms with Crippen molar-refractivity contribution in [3.63, 3.8) is 0 Å². The van der Waals surface area contributed by atoms with Crippen molar-refractivity contribution in [1.29, 1.82) is 0 Å². The lowest BCUT2D eigenvalue weighted by Crippen LogP contribution is -2.34. The number of aryl methyl sites for hydroxylation is 1. The van der Waals surface area contributed by atoms with Gasteiger partial charge in [0.2, 0.25) is 0 Å². The predicted molar refractivity (Wildman–Crippen MR) is 79.7 cm³/mol. The Morgan fingerprint density at radius 3 is 2.41 bits per heavy atom. The molecule has 114 valence electrons. The Hall–Kier alpha value is -2.89. The van der Waals surface area contributed by atoms with Crippen LogP contribution in [-0.2, 0) is 16.1 Å². The van der Waals surface area contributed by atoms with Gasteiger partial charge in [-0.05, 0) is 42.3 Å². The molecule has 0 fully saturated rings. The van der Waals surface area contributed by atoms with Crippen molar-refractivity contribution in [2.45, 2.75) is 13.5 Å². The first-order valence-corrected chi connectivity index (χ1v) is 6.59. The summed E-state index contributed by atoms with van der Waals surface area (Å²) >= 11 is 0. The number of hydrogen-bond donors (Lipinski definition) is 3. The molecule has 0 heterocycles. The zero-order valence-electron chi connectivity index (χ0n) is 11.9. The fourth-order valence-electron chi connectivity index (χ4n) is 1.79. The van der Waals surface area contributed by atoms with Gasteiger partial charge >= 0.3 is 11.8 Å². The molecular formula is C16H15FN2O3. The van der Waals surface area contributed by atoms with E-state index in [1.165, 1.54) is 36.4 Å². The van der Waals surface area contributed by atoms with Gasteiger partial charge in [0.1, 0.15) is 11.6 Å². The standard InChI is InChI=1S/C16H15FN2O3/c1-10-2-7-13(14(20)8-10)19-16(22)15(21)18-9-11-3-5-12(17)6-4-11/h2-8,20H,9H2,1H3,(H,18,21)(H,19,22). The summed E-state index contributed by atoms with van der Waals surface area (Å²) in [5.74, 6) is -2.21. The molecule has 0 aliphatic rings. The van der Waals surface area contributed by atoms with Gasteiger partial charge in [0, 0.05) is 6.54 Å². The van der Waals surface area contributed by atoms with Crippen LogP contribution in [0.4, 0.5) is 10.1 Å². The highest BCUT2D eigenvalue weighted by Crippen LogP contribution is 2.23. The van der Waals surface area contributed by atoms with E-state index < -0.39 is 11.8 Å². The molecule has 0 saturated heterocycles. The first kappa shape index (κ1) is 15.5. The second kappa shape index (κ2) is 6.71. The molecule has 0 radical (unpaired) electrons. The van der Waals surface area contributed by atoms with Crippen molar-refractivity contribution in [3.8, 4) is 5.75 Å². The van der Waals surface area contributed by atoms with Crippen LogP contribution in [0.25, 0.3) is 0 Å². The highest BCUT2D eigenvalue weighted by atomic mass is 19.1. The number of carbonyl (C=O) groups is 2. The second-order valence-electron chi connectivity index (χ2n) is 4.78. The third-order valence-corrected chi connectivity index (χ3v) is 2.97. The zero-order chi connectivity index (χ0) is 16.1. The topological polar surface area (TPSA) is 78.4 Å². The van der Waals surface area contributed by atoms with Crippen LogP contribution in [0.15, 0.2) is 42.5 Å². The minimum absolute atomic E-state index is 0.104. The number of phenolic OH excluding ortho intramolecular Hbond substituents is 1. The van der Waals surface area contributed by atoms with Crippen molar-refractivity contribution in [3.05, 3.63) is 59.4 Å². The maximum absolute atomic E-state index is 12.7. The summed E-state index contributed by atoms with van der Waals surface area (Å²) in [5, 5.41) is 14.4. The van der Waals surface area contributed by atoms with Crippen LogP contribution in [0.2, 0.25) is 0 Å². The molecule has 2 aromatic carbocycles. The van der Waals surface area contributed by atoms with E-state index in [0.29, 0.717) is 5.56 Å². The van der Waals surface area contributed by atoms with Gasteiger partial charge in [-0.1, -0.05) is 18.2 Å². The fraction of sp³-hybridized carbons (Fsp3) is 0.125. The summed E-state index contributed by atoms with van der Waals surface area (Å²) in [6, 6.07) is 10.3.